The van der Waals surface area contributed by atoms with E-state index in [1.165, 1.54) is 18.2 Å². The van der Waals surface area contributed by atoms with Crippen LogP contribution in [0.1, 0.15) is 15.4 Å². The molecule has 1 heterocycles. The number of nitrogens with zero attached hydrogens (tertiary/aromatic N) is 1. The van der Waals surface area contributed by atoms with E-state index in [9.17, 15) is 9.18 Å². The quantitative estimate of drug-likeness (QED) is 0.829. The molecule has 0 spiro atoms. The maximum Gasteiger partial charge on any atom is 0.251 e. The highest BCUT2D eigenvalue weighted by Gasteiger charge is 2.07. The van der Waals surface area contributed by atoms with Gasteiger partial charge in [0.2, 0.25) is 0 Å². The third kappa shape index (κ3) is 3.04. The van der Waals surface area contributed by atoms with Gasteiger partial charge in [-0.25, -0.2) is 9.37 Å². The molecule has 0 unspecified atom stereocenters. The molecule has 0 radical (unpaired) electrons. The summed E-state index contributed by atoms with van der Waals surface area (Å²) in [7, 11) is 0. The summed E-state index contributed by atoms with van der Waals surface area (Å²) in [5.74, 6) is -0.785. The van der Waals surface area contributed by atoms with E-state index in [2.05, 4.69) is 10.3 Å². The SMILES string of the molecule is Nc1cc(C(=O)NCCc2nccs2)ccc1F. The van der Waals surface area contributed by atoms with Crippen LogP contribution in [0, 0.1) is 5.82 Å². The first-order chi connectivity index (χ1) is 8.66. The number of nitrogens with two attached hydrogens (primary N) is 1. The van der Waals surface area contributed by atoms with E-state index in [1.807, 2.05) is 5.38 Å². The summed E-state index contributed by atoms with van der Waals surface area (Å²) in [5, 5.41) is 5.59. The van der Waals surface area contributed by atoms with Crippen molar-refractivity contribution in [3.63, 3.8) is 0 Å². The van der Waals surface area contributed by atoms with Crippen LogP contribution in [0.25, 0.3) is 0 Å². The number of amides is 1. The normalized spacial score (nSPS) is 10.3. The molecule has 0 bridgehead atoms. The predicted molar refractivity (Wildman–Crippen MR) is 69.0 cm³/mol. The lowest BCUT2D eigenvalue weighted by molar-refractivity contribution is 0.0954. The summed E-state index contributed by atoms with van der Waals surface area (Å²) in [4.78, 5) is 15.8. The average molecular weight is 265 g/mol. The van der Waals surface area contributed by atoms with Gasteiger partial charge in [-0.05, 0) is 18.2 Å². The molecular weight excluding hydrogens is 253 g/mol. The number of thiazole rings is 1. The van der Waals surface area contributed by atoms with Gasteiger partial charge in [0, 0.05) is 30.1 Å². The highest BCUT2D eigenvalue weighted by atomic mass is 32.1. The van der Waals surface area contributed by atoms with Gasteiger partial charge in [-0.15, -0.1) is 11.3 Å². The van der Waals surface area contributed by atoms with Gasteiger partial charge in [-0.1, -0.05) is 0 Å². The van der Waals surface area contributed by atoms with E-state index in [-0.39, 0.29) is 11.6 Å². The van der Waals surface area contributed by atoms with E-state index in [0.717, 1.165) is 5.01 Å². The van der Waals surface area contributed by atoms with Crippen LogP contribution in [0.3, 0.4) is 0 Å². The average Bonchev–Trinajstić information content (AvgIpc) is 2.85. The molecule has 2 aromatic rings. The molecule has 0 saturated carbocycles. The van der Waals surface area contributed by atoms with Crippen molar-refractivity contribution in [1.82, 2.24) is 10.3 Å². The number of benzene rings is 1. The number of rotatable bonds is 4. The number of nitrogens with one attached hydrogen (secondary N) is 1. The Balaban J connectivity index is 1.89. The van der Waals surface area contributed by atoms with Gasteiger partial charge >= 0.3 is 0 Å². The van der Waals surface area contributed by atoms with Crippen molar-refractivity contribution in [2.45, 2.75) is 6.42 Å². The molecule has 2 rings (SSSR count). The first-order valence-corrected chi connectivity index (χ1v) is 6.26. The summed E-state index contributed by atoms with van der Waals surface area (Å²) in [6.07, 6.45) is 2.41. The van der Waals surface area contributed by atoms with Gasteiger partial charge in [0.25, 0.3) is 5.91 Å². The number of hydrogen-bond acceptors (Lipinski definition) is 4. The number of nitrogen functional groups attached to an aromatic ring is 1. The molecule has 1 amide bonds. The lowest BCUT2D eigenvalue weighted by atomic mass is 10.2. The molecule has 3 N–H and O–H groups in total. The maximum absolute atomic E-state index is 12.9. The molecule has 0 aliphatic carbocycles. The molecule has 0 atom stereocenters. The van der Waals surface area contributed by atoms with Gasteiger partial charge < -0.3 is 11.1 Å². The number of carbonyl (C=O) groups excluding carboxylic acids is 1. The second-order valence-electron chi connectivity index (χ2n) is 3.67. The molecule has 1 aromatic heterocycles. The van der Waals surface area contributed by atoms with E-state index >= 15 is 0 Å². The van der Waals surface area contributed by atoms with Crippen LogP contribution in [0.5, 0.6) is 0 Å². The summed E-state index contributed by atoms with van der Waals surface area (Å²) >= 11 is 1.54. The number of halogens is 1. The smallest absolute Gasteiger partial charge is 0.251 e. The fourth-order valence-electron chi connectivity index (χ4n) is 1.45. The van der Waals surface area contributed by atoms with Crippen molar-refractivity contribution in [2.75, 3.05) is 12.3 Å². The van der Waals surface area contributed by atoms with E-state index in [0.29, 0.717) is 18.5 Å². The fraction of sp³-hybridized carbons (Fsp3) is 0.167. The van der Waals surface area contributed by atoms with Crippen LogP contribution in [0.2, 0.25) is 0 Å². The highest BCUT2D eigenvalue weighted by Crippen LogP contribution is 2.12. The molecule has 0 aliphatic heterocycles. The number of carbonyl (C=O) groups is 1. The Hall–Kier alpha value is -1.95. The molecule has 0 aliphatic rings. The molecule has 1 aromatic carbocycles. The largest absolute Gasteiger partial charge is 0.396 e. The lowest BCUT2D eigenvalue weighted by Crippen LogP contribution is -2.25. The molecule has 0 fully saturated rings. The van der Waals surface area contributed by atoms with Crippen LogP contribution in [-0.2, 0) is 6.42 Å². The minimum atomic E-state index is -0.519. The Morgan fingerprint density at radius 2 is 2.33 bits per heavy atom. The highest BCUT2D eigenvalue weighted by molar-refractivity contribution is 7.09. The van der Waals surface area contributed by atoms with Crippen molar-refractivity contribution in [1.29, 1.82) is 0 Å². The Bertz CT molecular complexity index is 542. The van der Waals surface area contributed by atoms with Gasteiger partial charge in [-0.3, -0.25) is 4.79 Å². The van der Waals surface area contributed by atoms with E-state index in [1.54, 1.807) is 17.5 Å². The minimum absolute atomic E-state index is 0.0254. The second-order valence-corrected chi connectivity index (χ2v) is 4.65. The summed E-state index contributed by atoms with van der Waals surface area (Å²) in [5.41, 5.74) is 5.73. The zero-order valence-corrected chi connectivity index (χ0v) is 10.3. The number of aromatic nitrogens is 1. The summed E-state index contributed by atoms with van der Waals surface area (Å²) in [6.45, 7) is 0.490. The summed E-state index contributed by atoms with van der Waals surface area (Å²) in [6, 6.07) is 3.92. The molecule has 4 nitrogen and oxygen atoms in total. The Labute approximate surface area is 108 Å². The number of anilines is 1. The van der Waals surface area contributed by atoms with Gasteiger partial charge in [0.1, 0.15) is 5.82 Å². The van der Waals surface area contributed by atoms with Crippen molar-refractivity contribution in [3.05, 3.63) is 46.2 Å². The van der Waals surface area contributed by atoms with Crippen LogP contribution < -0.4 is 11.1 Å². The predicted octanol–water partition coefficient (Wildman–Crippen LogP) is 1.84. The topological polar surface area (TPSA) is 68.0 Å². The Kier molecular flexibility index (Phi) is 3.88. The van der Waals surface area contributed by atoms with Crippen molar-refractivity contribution < 1.29 is 9.18 Å². The minimum Gasteiger partial charge on any atom is -0.396 e. The number of hydrogen-bond donors (Lipinski definition) is 2. The standard InChI is InChI=1S/C12H12FN3OS/c13-9-2-1-8(7-10(9)14)12(17)16-4-3-11-15-5-6-18-11/h1-2,5-7H,3-4,14H2,(H,16,17). The molecular formula is C12H12FN3OS. The first kappa shape index (κ1) is 12.5. The van der Waals surface area contributed by atoms with Crippen molar-refractivity contribution >= 4 is 22.9 Å². The third-order valence-electron chi connectivity index (χ3n) is 2.37. The van der Waals surface area contributed by atoms with Gasteiger partial charge in [-0.2, -0.15) is 0 Å². The molecule has 94 valence electrons. The molecule has 18 heavy (non-hydrogen) atoms. The first-order valence-electron chi connectivity index (χ1n) is 5.38. The van der Waals surface area contributed by atoms with Gasteiger partial charge in [0.15, 0.2) is 0 Å². The van der Waals surface area contributed by atoms with Crippen LogP contribution in [0.4, 0.5) is 10.1 Å². The van der Waals surface area contributed by atoms with Crippen LogP contribution >= 0.6 is 11.3 Å². The fourth-order valence-corrected chi connectivity index (χ4v) is 2.07. The molecule has 6 heteroatoms. The Morgan fingerprint density at radius 3 is 3.00 bits per heavy atom. The second kappa shape index (κ2) is 5.59. The Morgan fingerprint density at radius 1 is 1.50 bits per heavy atom. The zero-order chi connectivity index (χ0) is 13.0. The van der Waals surface area contributed by atoms with Crippen LogP contribution in [-0.4, -0.2) is 17.4 Å². The van der Waals surface area contributed by atoms with E-state index < -0.39 is 5.82 Å². The third-order valence-corrected chi connectivity index (χ3v) is 3.21. The maximum atomic E-state index is 12.9. The van der Waals surface area contributed by atoms with Crippen molar-refractivity contribution in [2.24, 2.45) is 0 Å². The monoisotopic (exact) mass is 265 g/mol. The van der Waals surface area contributed by atoms with Crippen LogP contribution in [0.15, 0.2) is 29.8 Å². The zero-order valence-electron chi connectivity index (χ0n) is 9.52. The van der Waals surface area contributed by atoms with E-state index in [4.69, 9.17) is 5.73 Å². The van der Waals surface area contributed by atoms with Crippen molar-refractivity contribution in [3.8, 4) is 0 Å². The summed E-state index contributed by atoms with van der Waals surface area (Å²) < 4.78 is 12.9. The van der Waals surface area contributed by atoms with Gasteiger partial charge in [0.05, 0.1) is 10.7 Å². The lowest BCUT2D eigenvalue weighted by Gasteiger charge is -2.05. The molecule has 0 saturated heterocycles.